The fourth-order valence-electron chi connectivity index (χ4n) is 3.58. The zero-order chi connectivity index (χ0) is 22.1. The maximum atomic E-state index is 13.1. The van der Waals surface area contributed by atoms with Gasteiger partial charge in [0.05, 0.1) is 25.4 Å². The zero-order valence-electron chi connectivity index (χ0n) is 18.1. The predicted molar refractivity (Wildman–Crippen MR) is 118 cm³/mol. The van der Waals surface area contributed by atoms with Crippen molar-refractivity contribution in [2.45, 2.75) is 65.5 Å². The van der Waals surface area contributed by atoms with Gasteiger partial charge in [-0.15, -0.1) is 0 Å². The summed E-state index contributed by atoms with van der Waals surface area (Å²) in [6.07, 6.45) is 1.92. The summed E-state index contributed by atoms with van der Waals surface area (Å²) in [7, 11) is 0. The van der Waals surface area contributed by atoms with E-state index in [4.69, 9.17) is 18.9 Å². The minimum absolute atomic E-state index is 0.0110. The second-order valence-electron chi connectivity index (χ2n) is 7.46. The number of rotatable bonds is 9. The quantitative estimate of drug-likeness (QED) is 0.369. The lowest BCUT2D eigenvalue weighted by Gasteiger charge is -2.37. The highest BCUT2D eigenvalue weighted by molar-refractivity contribution is 9.11. The number of allylic oxidation sites excluding steroid dienone is 1. The van der Waals surface area contributed by atoms with Gasteiger partial charge in [0.1, 0.15) is 0 Å². The summed E-state index contributed by atoms with van der Waals surface area (Å²) in [5.74, 6) is -1.28. The third-order valence-electron chi connectivity index (χ3n) is 4.87. The van der Waals surface area contributed by atoms with Crippen LogP contribution in [-0.4, -0.2) is 43.7 Å². The molecule has 0 amide bonds. The standard InChI is InChI=1S/C23H31BrO6/c1-5-27-21(25)23(22(26)28-6-2,15-20-29-16(3)12-17(4)30-20)14-19(24)13-18-10-8-7-9-11-18/h7-11,13,16-17,20H,5-6,12,14-15H2,1-4H3/b19-13+/t16-,17-/m1/s1. The maximum absolute atomic E-state index is 13.1. The van der Waals surface area contributed by atoms with Gasteiger partial charge in [-0.3, -0.25) is 9.59 Å². The highest BCUT2D eigenvalue weighted by Crippen LogP contribution is 2.40. The Labute approximate surface area is 187 Å². The van der Waals surface area contributed by atoms with Crippen LogP contribution in [-0.2, 0) is 28.5 Å². The van der Waals surface area contributed by atoms with Gasteiger partial charge in [-0.05, 0) is 50.2 Å². The minimum atomic E-state index is -1.59. The van der Waals surface area contributed by atoms with Crippen molar-refractivity contribution in [1.29, 1.82) is 0 Å². The van der Waals surface area contributed by atoms with Crippen molar-refractivity contribution in [2.75, 3.05) is 13.2 Å². The van der Waals surface area contributed by atoms with Crippen LogP contribution in [0.2, 0.25) is 0 Å². The number of benzene rings is 1. The van der Waals surface area contributed by atoms with E-state index in [2.05, 4.69) is 15.9 Å². The molecule has 0 aliphatic carbocycles. The van der Waals surface area contributed by atoms with Crippen LogP contribution in [0.1, 0.15) is 52.5 Å². The van der Waals surface area contributed by atoms with Crippen LogP contribution in [0.4, 0.5) is 0 Å². The molecular weight excluding hydrogens is 452 g/mol. The Balaban J connectivity index is 2.40. The first-order chi connectivity index (χ1) is 14.3. The molecule has 1 aliphatic rings. The van der Waals surface area contributed by atoms with Crippen LogP contribution >= 0.6 is 15.9 Å². The third kappa shape index (κ3) is 6.65. The van der Waals surface area contributed by atoms with Crippen molar-refractivity contribution in [1.82, 2.24) is 0 Å². The Morgan fingerprint density at radius 1 is 1.07 bits per heavy atom. The number of halogens is 1. The van der Waals surface area contributed by atoms with E-state index < -0.39 is 23.6 Å². The molecule has 0 saturated carbocycles. The maximum Gasteiger partial charge on any atom is 0.324 e. The molecule has 1 aromatic rings. The summed E-state index contributed by atoms with van der Waals surface area (Å²) in [5.41, 5.74) is -0.643. The average molecular weight is 483 g/mol. The molecule has 2 atom stereocenters. The van der Waals surface area contributed by atoms with E-state index in [1.807, 2.05) is 50.3 Å². The molecule has 7 heteroatoms. The summed E-state index contributed by atoms with van der Waals surface area (Å²) in [6, 6.07) is 9.64. The van der Waals surface area contributed by atoms with Gasteiger partial charge in [0.2, 0.25) is 0 Å². The fraction of sp³-hybridized carbons (Fsp3) is 0.565. The first-order valence-corrected chi connectivity index (χ1v) is 11.2. The molecule has 0 N–H and O–H groups in total. The average Bonchev–Trinajstić information content (AvgIpc) is 2.67. The lowest BCUT2D eigenvalue weighted by Crippen LogP contribution is -2.48. The number of esters is 2. The van der Waals surface area contributed by atoms with E-state index in [0.717, 1.165) is 12.0 Å². The summed E-state index contributed by atoms with van der Waals surface area (Å²) in [5, 5.41) is 0. The fourth-order valence-corrected chi connectivity index (χ4v) is 4.33. The molecule has 0 spiro atoms. The number of carbonyl (C=O) groups is 2. The molecule has 2 rings (SSSR count). The van der Waals surface area contributed by atoms with E-state index in [1.165, 1.54) is 0 Å². The molecule has 0 bridgehead atoms. The number of ether oxygens (including phenoxy) is 4. The van der Waals surface area contributed by atoms with Gasteiger partial charge < -0.3 is 18.9 Å². The molecule has 1 saturated heterocycles. The molecule has 0 aromatic heterocycles. The zero-order valence-corrected chi connectivity index (χ0v) is 19.6. The smallest absolute Gasteiger partial charge is 0.324 e. The summed E-state index contributed by atoms with van der Waals surface area (Å²) in [6.45, 7) is 7.63. The van der Waals surface area contributed by atoms with Crippen molar-refractivity contribution in [3.05, 3.63) is 40.4 Å². The Kier molecular flexibility index (Phi) is 9.52. The van der Waals surface area contributed by atoms with Crippen LogP contribution in [0.5, 0.6) is 0 Å². The predicted octanol–water partition coefficient (Wildman–Crippen LogP) is 4.86. The SMILES string of the molecule is CCOC(=O)C(C/C(Br)=C\c1ccccc1)(CC1O[C@H](C)C[C@@H](C)O1)C(=O)OCC. The third-order valence-corrected chi connectivity index (χ3v) is 5.38. The van der Waals surface area contributed by atoms with Crippen molar-refractivity contribution < 1.29 is 28.5 Å². The normalized spacial score (nSPS) is 22.4. The molecule has 30 heavy (non-hydrogen) atoms. The summed E-state index contributed by atoms with van der Waals surface area (Å²) in [4.78, 5) is 26.2. The van der Waals surface area contributed by atoms with E-state index in [0.29, 0.717) is 4.48 Å². The first-order valence-electron chi connectivity index (χ1n) is 10.4. The Bertz CT molecular complexity index is 704. The van der Waals surface area contributed by atoms with Crippen molar-refractivity contribution in [3.63, 3.8) is 0 Å². The van der Waals surface area contributed by atoms with Crippen LogP contribution in [0, 0.1) is 5.41 Å². The van der Waals surface area contributed by atoms with Gasteiger partial charge in [-0.1, -0.05) is 46.3 Å². The van der Waals surface area contributed by atoms with Crippen molar-refractivity contribution in [2.24, 2.45) is 5.41 Å². The van der Waals surface area contributed by atoms with Crippen LogP contribution in [0.25, 0.3) is 6.08 Å². The van der Waals surface area contributed by atoms with Crippen LogP contribution in [0.3, 0.4) is 0 Å². The Morgan fingerprint density at radius 3 is 2.10 bits per heavy atom. The van der Waals surface area contributed by atoms with Crippen LogP contribution < -0.4 is 0 Å². The topological polar surface area (TPSA) is 71.1 Å². The molecular formula is C23H31BrO6. The minimum Gasteiger partial charge on any atom is -0.465 e. The Morgan fingerprint density at radius 2 is 1.60 bits per heavy atom. The molecule has 6 nitrogen and oxygen atoms in total. The molecule has 0 radical (unpaired) electrons. The van der Waals surface area contributed by atoms with Crippen molar-refractivity contribution >= 4 is 33.9 Å². The van der Waals surface area contributed by atoms with Gasteiger partial charge >= 0.3 is 11.9 Å². The number of hydrogen-bond donors (Lipinski definition) is 0. The Hall–Kier alpha value is -1.70. The van der Waals surface area contributed by atoms with E-state index in [-0.39, 0.29) is 38.3 Å². The molecule has 1 fully saturated rings. The summed E-state index contributed by atoms with van der Waals surface area (Å²) < 4.78 is 23.1. The first kappa shape index (κ1) is 24.6. The highest BCUT2D eigenvalue weighted by atomic mass is 79.9. The molecule has 1 aliphatic heterocycles. The monoisotopic (exact) mass is 482 g/mol. The van der Waals surface area contributed by atoms with Gasteiger partial charge in [0.15, 0.2) is 11.7 Å². The largest absolute Gasteiger partial charge is 0.465 e. The second kappa shape index (κ2) is 11.6. The van der Waals surface area contributed by atoms with Gasteiger partial charge in [-0.2, -0.15) is 0 Å². The van der Waals surface area contributed by atoms with Gasteiger partial charge in [0, 0.05) is 12.8 Å². The highest BCUT2D eigenvalue weighted by Gasteiger charge is 2.52. The summed E-state index contributed by atoms with van der Waals surface area (Å²) >= 11 is 3.54. The van der Waals surface area contributed by atoms with E-state index in [9.17, 15) is 9.59 Å². The second-order valence-corrected chi connectivity index (χ2v) is 8.48. The van der Waals surface area contributed by atoms with Gasteiger partial charge in [-0.25, -0.2) is 0 Å². The van der Waals surface area contributed by atoms with E-state index in [1.54, 1.807) is 13.8 Å². The lowest BCUT2D eigenvalue weighted by atomic mass is 9.80. The molecule has 1 aromatic carbocycles. The molecule has 0 unspecified atom stereocenters. The van der Waals surface area contributed by atoms with Crippen LogP contribution in [0.15, 0.2) is 34.8 Å². The number of carbonyl (C=O) groups excluding carboxylic acids is 2. The van der Waals surface area contributed by atoms with E-state index >= 15 is 0 Å². The molecule has 166 valence electrons. The van der Waals surface area contributed by atoms with Gasteiger partial charge in [0.25, 0.3) is 0 Å². The number of hydrogen-bond acceptors (Lipinski definition) is 6. The molecule has 1 heterocycles. The lowest BCUT2D eigenvalue weighted by molar-refractivity contribution is -0.248. The van der Waals surface area contributed by atoms with Crippen molar-refractivity contribution in [3.8, 4) is 0 Å².